The lowest BCUT2D eigenvalue weighted by Crippen LogP contribution is -2.22. The Kier molecular flexibility index (Phi) is 6.45. The number of methoxy groups -OCH3 is 2. The smallest absolute Gasteiger partial charge is 0.286 e. The van der Waals surface area contributed by atoms with Gasteiger partial charge in [-0.1, -0.05) is 6.07 Å². The van der Waals surface area contributed by atoms with E-state index in [2.05, 4.69) is 10.6 Å². The van der Waals surface area contributed by atoms with Crippen molar-refractivity contribution in [3.63, 3.8) is 0 Å². The maximum absolute atomic E-state index is 12.0. The van der Waals surface area contributed by atoms with Gasteiger partial charge >= 0.3 is 0 Å². The Balaban J connectivity index is 1.82. The van der Waals surface area contributed by atoms with Crippen LogP contribution < -0.4 is 20.1 Å². The molecule has 1 heterocycles. The fraction of sp³-hybridized carbons (Fsp3) is 0.333. The summed E-state index contributed by atoms with van der Waals surface area (Å²) in [7, 11) is 4.68. The second-order valence-corrected chi connectivity index (χ2v) is 5.31. The van der Waals surface area contributed by atoms with E-state index in [1.165, 1.54) is 7.05 Å². The molecule has 0 radical (unpaired) electrons. The van der Waals surface area contributed by atoms with Crippen LogP contribution in [0.2, 0.25) is 0 Å². The summed E-state index contributed by atoms with van der Waals surface area (Å²) in [5.41, 5.74) is 0.979. The molecule has 0 saturated carbocycles. The van der Waals surface area contributed by atoms with Gasteiger partial charge in [0.25, 0.3) is 5.91 Å². The molecule has 2 N–H and O–H groups in total. The summed E-state index contributed by atoms with van der Waals surface area (Å²) in [6.45, 7) is 0.238. The van der Waals surface area contributed by atoms with Gasteiger partial charge in [-0.25, -0.2) is 0 Å². The number of amides is 2. The Bertz CT molecular complexity index is 739. The van der Waals surface area contributed by atoms with Crippen LogP contribution in [-0.4, -0.2) is 33.1 Å². The molecule has 0 aliphatic heterocycles. The average Bonchev–Trinajstić information content (AvgIpc) is 3.12. The number of benzene rings is 1. The molecule has 1 aromatic carbocycles. The Morgan fingerprint density at radius 2 is 1.84 bits per heavy atom. The fourth-order valence-electron chi connectivity index (χ4n) is 2.29. The van der Waals surface area contributed by atoms with Gasteiger partial charge in [-0.2, -0.15) is 0 Å². The van der Waals surface area contributed by atoms with Crippen LogP contribution >= 0.6 is 0 Å². The van der Waals surface area contributed by atoms with Crippen LogP contribution in [0.3, 0.4) is 0 Å². The van der Waals surface area contributed by atoms with E-state index in [0.717, 1.165) is 5.56 Å². The zero-order valence-electron chi connectivity index (χ0n) is 14.5. The van der Waals surface area contributed by atoms with Crippen molar-refractivity contribution < 1.29 is 23.5 Å². The molecule has 0 bridgehead atoms. The van der Waals surface area contributed by atoms with Gasteiger partial charge in [-0.05, 0) is 36.2 Å². The molecule has 0 unspecified atom stereocenters. The van der Waals surface area contributed by atoms with Crippen molar-refractivity contribution in [3.8, 4) is 11.5 Å². The number of hydrogen-bond donors (Lipinski definition) is 2. The minimum absolute atomic E-state index is 0.104. The molecule has 0 fully saturated rings. The fourth-order valence-corrected chi connectivity index (χ4v) is 2.29. The van der Waals surface area contributed by atoms with E-state index < -0.39 is 0 Å². The number of hydrogen-bond acceptors (Lipinski definition) is 5. The first kappa shape index (κ1) is 18.4. The van der Waals surface area contributed by atoms with Gasteiger partial charge in [0.15, 0.2) is 17.3 Å². The molecule has 0 aliphatic rings. The maximum Gasteiger partial charge on any atom is 0.286 e. The van der Waals surface area contributed by atoms with E-state index >= 15 is 0 Å². The lowest BCUT2D eigenvalue weighted by atomic mass is 10.1. The average molecular weight is 346 g/mol. The Morgan fingerprint density at radius 3 is 2.52 bits per heavy atom. The maximum atomic E-state index is 12.0. The van der Waals surface area contributed by atoms with Crippen LogP contribution in [0.4, 0.5) is 0 Å². The zero-order valence-corrected chi connectivity index (χ0v) is 14.5. The zero-order chi connectivity index (χ0) is 18.2. The highest BCUT2D eigenvalue weighted by molar-refractivity contribution is 5.91. The van der Waals surface area contributed by atoms with Crippen LogP contribution in [0.15, 0.2) is 34.7 Å². The molecule has 2 aromatic rings. The van der Waals surface area contributed by atoms with Crippen LogP contribution in [0.5, 0.6) is 11.5 Å². The van der Waals surface area contributed by atoms with Gasteiger partial charge in [0, 0.05) is 13.5 Å². The summed E-state index contributed by atoms with van der Waals surface area (Å²) < 4.78 is 15.8. The van der Waals surface area contributed by atoms with Gasteiger partial charge in [-0.3, -0.25) is 9.59 Å². The van der Waals surface area contributed by atoms with Crippen LogP contribution in [-0.2, 0) is 17.8 Å². The molecular weight excluding hydrogens is 324 g/mol. The Morgan fingerprint density at radius 1 is 1.08 bits per heavy atom. The summed E-state index contributed by atoms with van der Waals surface area (Å²) in [4.78, 5) is 23.4. The molecule has 2 amide bonds. The molecule has 0 aliphatic carbocycles. The van der Waals surface area contributed by atoms with Crippen molar-refractivity contribution in [2.45, 2.75) is 19.4 Å². The molecule has 25 heavy (non-hydrogen) atoms. The normalized spacial score (nSPS) is 10.2. The summed E-state index contributed by atoms with van der Waals surface area (Å²) in [5.74, 6) is 1.63. The van der Waals surface area contributed by atoms with Crippen molar-refractivity contribution in [2.24, 2.45) is 0 Å². The largest absolute Gasteiger partial charge is 0.493 e. The van der Waals surface area contributed by atoms with Gasteiger partial charge in [0.1, 0.15) is 5.76 Å². The minimum Gasteiger partial charge on any atom is -0.493 e. The molecule has 134 valence electrons. The molecule has 7 nitrogen and oxygen atoms in total. The lowest BCUT2D eigenvalue weighted by Gasteiger charge is -2.09. The molecule has 2 rings (SSSR count). The van der Waals surface area contributed by atoms with Crippen molar-refractivity contribution in [1.82, 2.24) is 10.6 Å². The summed E-state index contributed by atoms with van der Waals surface area (Å²) in [6, 6.07) is 8.81. The number of nitrogens with one attached hydrogen (secondary N) is 2. The summed E-state index contributed by atoms with van der Waals surface area (Å²) >= 11 is 0. The first-order chi connectivity index (χ1) is 12.1. The third kappa shape index (κ3) is 5.00. The van der Waals surface area contributed by atoms with Gasteiger partial charge < -0.3 is 24.5 Å². The molecule has 1 aromatic heterocycles. The summed E-state index contributed by atoms with van der Waals surface area (Å²) in [5, 5.41) is 5.25. The Labute approximate surface area is 146 Å². The number of carbonyl (C=O) groups is 2. The number of ether oxygens (including phenoxy) is 2. The van der Waals surface area contributed by atoms with E-state index in [0.29, 0.717) is 30.1 Å². The van der Waals surface area contributed by atoms with Gasteiger partial charge in [-0.15, -0.1) is 0 Å². The van der Waals surface area contributed by atoms with Crippen LogP contribution in [0, 0.1) is 0 Å². The third-order valence-electron chi connectivity index (χ3n) is 3.66. The van der Waals surface area contributed by atoms with Gasteiger partial charge in [0.2, 0.25) is 5.91 Å². The molecule has 7 heteroatoms. The van der Waals surface area contributed by atoms with E-state index in [1.807, 2.05) is 18.2 Å². The van der Waals surface area contributed by atoms with Crippen molar-refractivity contribution in [2.75, 3.05) is 21.3 Å². The monoisotopic (exact) mass is 346 g/mol. The standard InChI is InChI=1S/C18H22N2O5/c1-19-18(22)15-8-6-13(25-15)11-20-17(21)9-5-12-4-7-14(23-2)16(10-12)24-3/h4,6-8,10H,5,9,11H2,1-3H3,(H,19,22)(H,20,21). The van der Waals surface area contributed by atoms with Crippen LogP contribution in [0.1, 0.15) is 28.3 Å². The Hall–Kier alpha value is -2.96. The topological polar surface area (TPSA) is 89.8 Å². The van der Waals surface area contributed by atoms with Gasteiger partial charge in [0.05, 0.1) is 20.8 Å². The molecule has 0 saturated heterocycles. The number of carbonyl (C=O) groups excluding carboxylic acids is 2. The highest BCUT2D eigenvalue weighted by Gasteiger charge is 2.10. The van der Waals surface area contributed by atoms with Crippen molar-refractivity contribution in [3.05, 3.63) is 47.4 Å². The molecule has 0 atom stereocenters. The first-order valence-electron chi connectivity index (χ1n) is 7.85. The van der Waals surface area contributed by atoms with Crippen molar-refractivity contribution in [1.29, 1.82) is 0 Å². The highest BCUT2D eigenvalue weighted by atomic mass is 16.5. The first-order valence-corrected chi connectivity index (χ1v) is 7.85. The third-order valence-corrected chi connectivity index (χ3v) is 3.66. The second kappa shape index (κ2) is 8.77. The van der Waals surface area contributed by atoms with E-state index in [9.17, 15) is 9.59 Å². The minimum atomic E-state index is -0.300. The second-order valence-electron chi connectivity index (χ2n) is 5.31. The predicted molar refractivity (Wildman–Crippen MR) is 91.8 cm³/mol. The number of aryl methyl sites for hydroxylation is 1. The van der Waals surface area contributed by atoms with Crippen molar-refractivity contribution >= 4 is 11.8 Å². The highest BCUT2D eigenvalue weighted by Crippen LogP contribution is 2.27. The van der Waals surface area contributed by atoms with E-state index in [4.69, 9.17) is 13.9 Å². The number of furan rings is 1. The predicted octanol–water partition coefficient (Wildman–Crippen LogP) is 1.91. The quantitative estimate of drug-likeness (QED) is 0.762. The van der Waals surface area contributed by atoms with E-state index in [1.54, 1.807) is 26.4 Å². The van der Waals surface area contributed by atoms with Crippen LogP contribution in [0.25, 0.3) is 0 Å². The molecule has 0 spiro atoms. The number of rotatable bonds is 8. The molecular formula is C18H22N2O5. The SMILES string of the molecule is CNC(=O)c1ccc(CNC(=O)CCc2ccc(OC)c(OC)c2)o1. The van der Waals surface area contributed by atoms with E-state index in [-0.39, 0.29) is 24.1 Å². The lowest BCUT2D eigenvalue weighted by molar-refractivity contribution is -0.121. The summed E-state index contributed by atoms with van der Waals surface area (Å²) in [6.07, 6.45) is 0.909.